The molecule has 1 amide bonds. The molecule has 18 heavy (non-hydrogen) atoms. The molecule has 0 spiro atoms. The van der Waals surface area contributed by atoms with E-state index in [4.69, 9.17) is 0 Å². The first-order valence-corrected chi connectivity index (χ1v) is 6.56. The molecule has 0 heterocycles. The molecule has 0 radical (unpaired) electrons. The van der Waals surface area contributed by atoms with Gasteiger partial charge >= 0.3 is 0 Å². The van der Waals surface area contributed by atoms with Crippen LogP contribution < -0.4 is 16.2 Å². The van der Waals surface area contributed by atoms with Crippen molar-refractivity contribution in [2.75, 3.05) is 12.3 Å². The van der Waals surface area contributed by atoms with E-state index in [1.165, 1.54) is 18.7 Å². The van der Waals surface area contributed by atoms with Gasteiger partial charge < -0.3 is 21.0 Å². The number of amides is 1. The minimum Gasteiger partial charge on any atom is -0.548 e. The van der Waals surface area contributed by atoms with E-state index in [1.807, 2.05) is 13.8 Å². The monoisotopic (exact) mass is 276 g/mol. The molecule has 0 unspecified atom stereocenters. The smallest absolute Gasteiger partial charge is 0.279 e. The Morgan fingerprint density at radius 1 is 1.39 bits per heavy atom. The van der Waals surface area contributed by atoms with Gasteiger partial charge in [0.25, 0.3) is 5.91 Å². The molecule has 7 heteroatoms. The highest BCUT2D eigenvalue weighted by molar-refractivity contribution is 8.00. The van der Waals surface area contributed by atoms with Crippen LogP contribution in [0.1, 0.15) is 27.2 Å². The molecule has 1 atom stereocenters. The summed E-state index contributed by atoms with van der Waals surface area (Å²) < 4.78 is -0.254. The second-order valence-electron chi connectivity index (χ2n) is 4.74. The molecule has 0 bridgehead atoms. The van der Waals surface area contributed by atoms with Crippen molar-refractivity contribution in [3.63, 3.8) is 0 Å². The average Bonchev–Trinajstić information content (AvgIpc) is 2.20. The summed E-state index contributed by atoms with van der Waals surface area (Å²) in [5.74, 6) is -1.24. The van der Waals surface area contributed by atoms with E-state index in [1.54, 1.807) is 0 Å². The lowest BCUT2D eigenvalue weighted by molar-refractivity contribution is -0.396. The third-order valence-corrected chi connectivity index (χ3v) is 3.62. The van der Waals surface area contributed by atoms with E-state index in [0.29, 0.717) is 12.2 Å². The van der Waals surface area contributed by atoms with Crippen LogP contribution in [0, 0.1) is 0 Å². The van der Waals surface area contributed by atoms with Crippen molar-refractivity contribution in [2.24, 2.45) is 0 Å². The second-order valence-corrected chi connectivity index (χ2v) is 6.46. The van der Waals surface area contributed by atoms with Gasteiger partial charge in [0.05, 0.1) is 18.3 Å². The largest absolute Gasteiger partial charge is 0.548 e. The number of aliphatic carboxylic acids is 1. The third-order valence-electron chi connectivity index (χ3n) is 2.13. The summed E-state index contributed by atoms with van der Waals surface area (Å²) in [4.78, 5) is 32.7. The zero-order valence-electron chi connectivity index (χ0n) is 10.9. The highest BCUT2D eigenvalue weighted by Gasteiger charge is 2.25. The van der Waals surface area contributed by atoms with Gasteiger partial charge in [-0.05, 0) is 6.92 Å². The van der Waals surface area contributed by atoms with E-state index < -0.39 is 24.5 Å². The summed E-state index contributed by atoms with van der Waals surface area (Å²) in [6.45, 7) is 4.86. The van der Waals surface area contributed by atoms with Crippen LogP contribution in [0.25, 0.3) is 0 Å². The lowest BCUT2D eigenvalue weighted by Crippen LogP contribution is -2.69. The lowest BCUT2D eigenvalue weighted by atomic mass is 10.1. The highest BCUT2D eigenvalue weighted by atomic mass is 32.2. The average molecular weight is 276 g/mol. The number of thioether (sulfide) groups is 1. The Kier molecular flexibility index (Phi) is 6.93. The Balaban J connectivity index is 4.08. The third kappa shape index (κ3) is 8.08. The Labute approximate surface area is 111 Å². The molecule has 0 aromatic rings. The molecule has 6 nitrogen and oxygen atoms in total. The van der Waals surface area contributed by atoms with Crippen molar-refractivity contribution in [1.82, 2.24) is 5.32 Å². The molecule has 0 aromatic heterocycles. The maximum Gasteiger partial charge on any atom is 0.279 e. The molecular weight excluding hydrogens is 256 g/mol. The number of carboxylic acid groups (broad SMARTS) is 1. The Hall–Kier alpha value is -1.08. The van der Waals surface area contributed by atoms with Crippen LogP contribution in [0.3, 0.4) is 0 Å². The molecular formula is C11H20N2O4S. The van der Waals surface area contributed by atoms with Crippen LogP contribution in [0.5, 0.6) is 0 Å². The van der Waals surface area contributed by atoms with Gasteiger partial charge in [-0.3, -0.25) is 9.59 Å². The van der Waals surface area contributed by atoms with Crippen molar-refractivity contribution >= 4 is 29.4 Å². The van der Waals surface area contributed by atoms with Gasteiger partial charge in [0.2, 0.25) is 0 Å². The molecule has 0 aromatic carbocycles. The van der Waals surface area contributed by atoms with E-state index in [0.717, 1.165) is 0 Å². The SMILES string of the molecule is CC(=O)CC(C)(C)SC[C@H]([NH3+])C(=O)NCC(=O)[O-]. The number of ketones is 1. The second kappa shape index (κ2) is 7.38. The van der Waals surface area contributed by atoms with Crippen molar-refractivity contribution in [2.45, 2.75) is 38.0 Å². The van der Waals surface area contributed by atoms with Crippen LogP contribution in [0.15, 0.2) is 0 Å². The number of carbonyl (C=O) groups excluding carboxylic acids is 3. The summed E-state index contributed by atoms with van der Waals surface area (Å²) in [6, 6.07) is -0.555. The van der Waals surface area contributed by atoms with E-state index in [-0.39, 0.29) is 10.5 Å². The fraction of sp³-hybridized carbons (Fsp3) is 0.727. The highest BCUT2D eigenvalue weighted by Crippen LogP contribution is 2.28. The number of nitrogens with one attached hydrogen (secondary N) is 1. The number of hydrogen-bond acceptors (Lipinski definition) is 5. The normalized spacial score (nSPS) is 12.9. The molecule has 4 N–H and O–H groups in total. The predicted octanol–water partition coefficient (Wildman–Crippen LogP) is -2.05. The van der Waals surface area contributed by atoms with Gasteiger partial charge in [-0.15, -0.1) is 11.8 Å². The minimum absolute atomic E-state index is 0.0921. The summed E-state index contributed by atoms with van der Waals surface area (Å²) in [5, 5.41) is 12.4. The molecule has 0 aliphatic heterocycles. The van der Waals surface area contributed by atoms with Gasteiger partial charge in [-0.1, -0.05) is 13.8 Å². The van der Waals surface area contributed by atoms with Gasteiger partial charge in [-0.2, -0.15) is 0 Å². The van der Waals surface area contributed by atoms with Crippen LogP contribution >= 0.6 is 11.8 Å². The fourth-order valence-corrected chi connectivity index (χ4v) is 2.47. The molecule has 0 fully saturated rings. The summed E-state index contributed by atoms with van der Waals surface area (Å²) in [5.41, 5.74) is 3.67. The van der Waals surface area contributed by atoms with E-state index in [9.17, 15) is 19.5 Å². The Morgan fingerprint density at radius 2 is 1.94 bits per heavy atom. The maximum atomic E-state index is 11.4. The molecule has 0 rings (SSSR count). The lowest BCUT2D eigenvalue weighted by Gasteiger charge is -2.23. The molecule has 0 aliphatic rings. The number of quaternary nitrogens is 1. The summed E-state index contributed by atoms with van der Waals surface area (Å²) in [6.07, 6.45) is 0.422. The Morgan fingerprint density at radius 3 is 2.39 bits per heavy atom. The van der Waals surface area contributed by atoms with Crippen molar-refractivity contribution in [3.05, 3.63) is 0 Å². The standard InChI is InChI=1S/C11H20N2O4S/c1-7(14)4-11(2,3)18-6-8(12)10(17)13-5-9(15)16/h8H,4-6,12H2,1-3H3,(H,13,17)(H,15,16)/t8-/m0/s1. The minimum atomic E-state index is -1.33. The molecule has 104 valence electrons. The number of Topliss-reactive ketones (excluding diaryl/α,β-unsaturated/α-hetero) is 1. The van der Waals surface area contributed by atoms with E-state index >= 15 is 0 Å². The number of carboxylic acids is 1. The number of hydrogen-bond donors (Lipinski definition) is 2. The predicted molar refractivity (Wildman–Crippen MR) is 66.5 cm³/mol. The van der Waals surface area contributed by atoms with Gasteiger partial charge in [0, 0.05) is 11.2 Å². The van der Waals surface area contributed by atoms with Crippen LogP contribution in [-0.4, -0.2) is 40.7 Å². The van der Waals surface area contributed by atoms with Gasteiger partial charge in [-0.25, -0.2) is 0 Å². The quantitative estimate of drug-likeness (QED) is 0.530. The van der Waals surface area contributed by atoms with Crippen molar-refractivity contribution in [1.29, 1.82) is 0 Å². The van der Waals surface area contributed by atoms with E-state index in [2.05, 4.69) is 11.1 Å². The molecule has 0 aliphatic carbocycles. The Bertz CT molecular complexity index is 331. The van der Waals surface area contributed by atoms with Gasteiger partial charge in [0.1, 0.15) is 5.78 Å². The molecule has 0 saturated heterocycles. The van der Waals surface area contributed by atoms with Crippen molar-refractivity contribution < 1.29 is 25.2 Å². The zero-order valence-corrected chi connectivity index (χ0v) is 11.8. The maximum absolute atomic E-state index is 11.4. The summed E-state index contributed by atoms with van der Waals surface area (Å²) >= 11 is 1.47. The summed E-state index contributed by atoms with van der Waals surface area (Å²) in [7, 11) is 0. The number of rotatable bonds is 8. The van der Waals surface area contributed by atoms with Crippen LogP contribution in [-0.2, 0) is 14.4 Å². The number of carbonyl (C=O) groups is 3. The van der Waals surface area contributed by atoms with Crippen LogP contribution in [0.4, 0.5) is 0 Å². The molecule has 0 saturated carbocycles. The van der Waals surface area contributed by atoms with Crippen LogP contribution in [0.2, 0.25) is 0 Å². The first-order valence-electron chi connectivity index (χ1n) is 5.58. The fourth-order valence-electron chi connectivity index (χ4n) is 1.36. The van der Waals surface area contributed by atoms with Crippen molar-refractivity contribution in [3.8, 4) is 0 Å². The van der Waals surface area contributed by atoms with Gasteiger partial charge in [0.15, 0.2) is 6.04 Å². The topological polar surface area (TPSA) is 114 Å². The zero-order chi connectivity index (χ0) is 14.3. The first kappa shape index (κ1) is 16.9. The first-order chi connectivity index (χ1) is 8.14.